The van der Waals surface area contributed by atoms with E-state index < -0.39 is 18.7 Å². The summed E-state index contributed by atoms with van der Waals surface area (Å²) >= 11 is 3.16. The number of ether oxygens (including phenoxy) is 1. The molecule has 8 heteroatoms. The van der Waals surface area contributed by atoms with Crippen LogP contribution >= 0.6 is 15.9 Å². The number of nitrogens with one attached hydrogen (secondary N) is 1. The van der Waals surface area contributed by atoms with E-state index in [2.05, 4.69) is 26.0 Å². The maximum absolute atomic E-state index is 11.8. The van der Waals surface area contributed by atoms with Gasteiger partial charge in [-0.25, -0.2) is 0 Å². The Bertz CT molecular complexity index is 452. The van der Waals surface area contributed by atoms with Crippen LogP contribution < -0.4 is 11.1 Å². The molecule has 1 amide bonds. The van der Waals surface area contributed by atoms with E-state index in [1.165, 1.54) is 0 Å². The maximum Gasteiger partial charge on any atom is 0.411 e. The Kier molecular flexibility index (Phi) is 5.61. The molecule has 0 aliphatic rings. The molecule has 0 saturated heterocycles. The Morgan fingerprint density at radius 2 is 2.11 bits per heavy atom. The van der Waals surface area contributed by atoms with Gasteiger partial charge in [0, 0.05) is 12.2 Å². The zero-order chi connectivity index (χ0) is 14.5. The lowest BCUT2D eigenvalue weighted by Crippen LogP contribution is -2.29. The average Bonchev–Trinajstić information content (AvgIpc) is 2.30. The minimum Gasteiger partial charge on any atom is -0.398 e. The summed E-state index contributed by atoms with van der Waals surface area (Å²) in [5.74, 6) is -0.435. The molecule has 0 atom stereocenters. The Labute approximate surface area is 116 Å². The first-order valence-electron chi connectivity index (χ1n) is 5.28. The van der Waals surface area contributed by atoms with Gasteiger partial charge in [0.2, 0.25) is 0 Å². The van der Waals surface area contributed by atoms with E-state index in [-0.39, 0.29) is 13.2 Å². The Morgan fingerprint density at radius 1 is 1.42 bits per heavy atom. The Hall–Kier alpha value is -1.28. The van der Waals surface area contributed by atoms with Crippen LogP contribution in [-0.2, 0) is 4.74 Å². The third-order valence-corrected chi connectivity index (χ3v) is 2.96. The van der Waals surface area contributed by atoms with E-state index >= 15 is 0 Å². The van der Waals surface area contributed by atoms with Crippen molar-refractivity contribution in [2.75, 3.05) is 25.5 Å². The first kappa shape index (κ1) is 15.8. The van der Waals surface area contributed by atoms with E-state index in [9.17, 15) is 18.0 Å². The summed E-state index contributed by atoms with van der Waals surface area (Å²) < 4.78 is 40.1. The number of alkyl halides is 3. The zero-order valence-corrected chi connectivity index (χ0v) is 11.3. The van der Waals surface area contributed by atoms with Crippen LogP contribution in [0.1, 0.15) is 10.4 Å². The maximum atomic E-state index is 11.8. The fourth-order valence-corrected chi connectivity index (χ4v) is 1.69. The van der Waals surface area contributed by atoms with Gasteiger partial charge in [-0.15, -0.1) is 0 Å². The SMILES string of the molecule is Nc1cccc(C(=O)NCCOCC(F)(F)F)c1Br. The lowest BCUT2D eigenvalue weighted by molar-refractivity contribution is -0.173. The van der Waals surface area contributed by atoms with Gasteiger partial charge in [-0.2, -0.15) is 13.2 Å². The van der Waals surface area contributed by atoms with Crippen molar-refractivity contribution in [1.29, 1.82) is 0 Å². The van der Waals surface area contributed by atoms with Crippen molar-refractivity contribution in [2.45, 2.75) is 6.18 Å². The number of rotatable bonds is 5. The summed E-state index contributed by atoms with van der Waals surface area (Å²) in [7, 11) is 0. The highest BCUT2D eigenvalue weighted by Gasteiger charge is 2.27. The summed E-state index contributed by atoms with van der Waals surface area (Å²) in [5, 5.41) is 2.44. The van der Waals surface area contributed by atoms with E-state index in [4.69, 9.17) is 5.73 Å². The van der Waals surface area contributed by atoms with Crippen LogP contribution in [0.25, 0.3) is 0 Å². The van der Waals surface area contributed by atoms with Crippen LogP contribution in [0.5, 0.6) is 0 Å². The molecule has 0 aliphatic heterocycles. The van der Waals surface area contributed by atoms with Gasteiger partial charge in [0.25, 0.3) is 5.91 Å². The number of nitrogens with two attached hydrogens (primary N) is 1. The molecular formula is C11H12BrF3N2O2. The van der Waals surface area contributed by atoms with E-state index in [0.29, 0.717) is 15.7 Å². The molecule has 0 spiro atoms. The number of benzene rings is 1. The van der Waals surface area contributed by atoms with Crippen molar-refractivity contribution in [3.8, 4) is 0 Å². The van der Waals surface area contributed by atoms with Gasteiger partial charge in [-0.3, -0.25) is 4.79 Å². The highest BCUT2D eigenvalue weighted by atomic mass is 79.9. The third-order valence-electron chi connectivity index (χ3n) is 2.07. The molecular weight excluding hydrogens is 329 g/mol. The summed E-state index contributed by atoms with van der Waals surface area (Å²) in [4.78, 5) is 11.7. The van der Waals surface area contributed by atoms with Gasteiger partial charge < -0.3 is 15.8 Å². The topological polar surface area (TPSA) is 64.4 Å². The second-order valence-electron chi connectivity index (χ2n) is 3.63. The number of carbonyl (C=O) groups excluding carboxylic acids is 1. The van der Waals surface area contributed by atoms with Crippen LogP contribution in [0.4, 0.5) is 18.9 Å². The smallest absolute Gasteiger partial charge is 0.398 e. The van der Waals surface area contributed by atoms with E-state index in [1.807, 2.05) is 0 Å². The number of amides is 1. The van der Waals surface area contributed by atoms with Crippen LogP contribution in [-0.4, -0.2) is 31.8 Å². The molecule has 19 heavy (non-hydrogen) atoms. The van der Waals surface area contributed by atoms with Gasteiger partial charge in [0.15, 0.2) is 0 Å². The molecule has 1 aromatic rings. The van der Waals surface area contributed by atoms with Crippen molar-refractivity contribution in [3.05, 3.63) is 28.2 Å². The highest BCUT2D eigenvalue weighted by molar-refractivity contribution is 9.10. The molecule has 106 valence electrons. The standard InChI is InChI=1S/C11H12BrF3N2O2/c12-9-7(2-1-3-8(9)16)10(18)17-4-5-19-6-11(13,14)15/h1-3H,4-6,16H2,(H,17,18). The number of anilines is 1. The predicted molar refractivity (Wildman–Crippen MR) is 67.8 cm³/mol. The molecule has 0 bridgehead atoms. The molecule has 0 radical (unpaired) electrons. The van der Waals surface area contributed by atoms with Gasteiger partial charge in [-0.1, -0.05) is 6.07 Å². The predicted octanol–water partition coefficient (Wildman–Crippen LogP) is 2.34. The first-order chi connectivity index (χ1) is 8.81. The summed E-state index contributed by atoms with van der Waals surface area (Å²) in [5.41, 5.74) is 6.33. The van der Waals surface area contributed by atoms with Crippen LogP contribution in [0.3, 0.4) is 0 Å². The van der Waals surface area contributed by atoms with Gasteiger partial charge >= 0.3 is 6.18 Å². The first-order valence-corrected chi connectivity index (χ1v) is 6.07. The van der Waals surface area contributed by atoms with E-state index in [1.54, 1.807) is 18.2 Å². The minimum absolute atomic E-state index is 0.0177. The molecule has 1 rings (SSSR count). The fraction of sp³-hybridized carbons (Fsp3) is 0.364. The van der Waals surface area contributed by atoms with Gasteiger partial charge in [-0.05, 0) is 28.1 Å². The Balaban J connectivity index is 2.38. The molecule has 0 fully saturated rings. The lowest BCUT2D eigenvalue weighted by Gasteiger charge is -2.10. The molecule has 0 aromatic heterocycles. The second-order valence-corrected chi connectivity index (χ2v) is 4.43. The monoisotopic (exact) mass is 340 g/mol. The quantitative estimate of drug-likeness (QED) is 0.638. The molecule has 0 unspecified atom stereocenters. The van der Waals surface area contributed by atoms with Crippen molar-refractivity contribution >= 4 is 27.5 Å². The number of hydrogen-bond donors (Lipinski definition) is 2. The number of halogens is 4. The van der Waals surface area contributed by atoms with Crippen molar-refractivity contribution in [1.82, 2.24) is 5.32 Å². The normalized spacial score (nSPS) is 11.4. The van der Waals surface area contributed by atoms with Crippen LogP contribution in [0, 0.1) is 0 Å². The van der Waals surface area contributed by atoms with E-state index in [0.717, 1.165) is 0 Å². The third kappa shape index (κ3) is 5.48. The lowest BCUT2D eigenvalue weighted by atomic mass is 10.2. The molecule has 0 aliphatic carbocycles. The number of hydrogen-bond acceptors (Lipinski definition) is 3. The molecule has 1 aromatic carbocycles. The minimum atomic E-state index is -4.36. The second kappa shape index (κ2) is 6.76. The highest BCUT2D eigenvalue weighted by Crippen LogP contribution is 2.23. The van der Waals surface area contributed by atoms with Crippen LogP contribution in [0.15, 0.2) is 22.7 Å². The fourth-order valence-electron chi connectivity index (χ4n) is 1.25. The van der Waals surface area contributed by atoms with Gasteiger partial charge in [0.05, 0.1) is 16.6 Å². The van der Waals surface area contributed by atoms with Crippen molar-refractivity contribution < 1.29 is 22.7 Å². The Morgan fingerprint density at radius 3 is 2.74 bits per heavy atom. The molecule has 0 saturated carbocycles. The molecule has 0 heterocycles. The summed E-state index contributed by atoms with van der Waals surface area (Å²) in [6, 6.07) is 4.77. The van der Waals surface area contributed by atoms with Gasteiger partial charge in [0.1, 0.15) is 6.61 Å². The van der Waals surface area contributed by atoms with Crippen molar-refractivity contribution in [2.24, 2.45) is 0 Å². The van der Waals surface area contributed by atoms with Crippen LogP contribution in [0.2, 0.25) is 0 Å². The zero-order valence-electron chi connectivity index (χ0n) is 9.76. The number of carbonyl (C=O) groups is 1. The van der Waals surface area contributed by atoms with Crippen molar-refractivity contribution in [3.63, 3.8) is 0 Å². The average molecular weight is 341 g/mol. The molecule has 3 N–H and O–H groups in total. The summed E-state index contributed by atoms with van der Waals surface area (Å²) in [6.45, 7) is -1.56. The largest absolute Gasteiger partial charge is 0.411 e. The molecule has 4 nitrogen and oxygen atoms in total. The number of nitrogen functional groups attached to an aromatic ring is 1. The summed E-state index contributed by atoms with van der Waals surface area (Å²) in [6.07, 6.45) is -4.36.